The van der Waals surface area contributed by atoms with Gasteiger partial charge in [0.25, 0.3) is 0 Å². The molecule has 1 aliphatic heterocycles. The van der Waals surface area contributed by atoms with Crippen molar-refractivity contribution in [2.24, 2.45) is 5.92 Å². The van der Waals surface area contributed by atoms with Crippen molar-refractivity contribution >= 4 is 0 Å². The number of rotatable bonds is 3. The van der Waals surface area contributed by atoms with Gasteiger partial charge in [-0.2, -0.15) is 0 Å². The summed E-state index contributed by atoms with van der Waals surface area (Å²) >= 11 is 0. The van der Waals surface area contributed by atoms with E-state index in [0.717, 1.165) is 5.92 Å². The molecule has 17 heavy (non-hydrogen) atoms. The minimum absolute atomic E-state index is 0.498. The summed E-state index contributed by atoms with van der Waals surface area (Å²) in [6, 6.07) is 1.40. The van der Waals surface area contributed by atoms with Crippen molar-refractivity contribution in [2.45, 2.75) is 77.4 Å². The highest BCUT2D eigenvalue weighted by Gasteiger charge is 2.44. The Morgan fingerprint density at radius 2 is 1.88 bits per heavy atom. The van der Waals surface area contributed by atoms with Gasteiger partial charge < -0.3 is 5.32 Å². The van der Waals surface area contributed by atoms with Crippen LogP contribution >= 0.6 is 0 Å². The Balaban J connectivity index is 2.08. The second-order valence-electron chi connectivity index (χ2n) is 6.55. The Kier molecular flexibility index (Phi) is 4.14. The summed E-state index contributed by atoms with van der Waals surface area (Å²) in [4.78, 5) is 2.81. The first-order valence-corrected chi connectivity index (χ1v) is 7.59. The molecule has 2 unspecified atom stereocenters. The first-order chi connectivity index (χ1) is 8.09. The van der Waals surface area contributed by atoms with Gasteiger partial charge in [0.05, 0.1) is 0 Å². The molecule has 1 aliphatic carbocycles. The molecule has 2 atom stereocenters. The van der Waals surface area contributed by atoms with Crippen LogP contribution in [0.5, 0.6) is 0 Å². The molecule has 2 nitrogen and oxygen atoms in total. The van der Waals surface area contributed by atoms with Crippen LogP contribution in [0.15, 0.2) is 0 Å². The topological polar surface area (TPSA) is 15.3 Å². The van der Waals surface area contributed by atoms with E-state index < -0.39 is 0 Å². The molecule has 1 saturated heterocycles. The predicted octanol–water partition coefficient (Wildman–Crippen LogP) is 3.03. The maximum atomic E-state index is 3.85. The van der Waals surface area contributed by atoms with E-state index in [4.69, 9.17) is 0 Å². The van der Waals surface area contributed by atoms with Crippen molar-refractivity contribution in [1.82, 2.24) is 10.2 Å². The maximum absolute atomic E-state index is 3.85. The highest BCUT2D eigenvalue weighted by atomic mass is 15.3. The van der Waals surface area contributed by atoms with Crippen LogP contribution in [-0.2, 0) is 0 Å². The number of nitrogens with zero attached hydrogens (tertiary/aromatic N) is 1. The molecule has 0 aromatic carbocycles. The Morgan fingerprint density at radius 3 is 2.41 bits per heavy atom. The van der Waals surface area contributed by atoms with E-state index in [-0.39, 0.29) is 0 Å². The molecule has 2 fully saturated rings. The van der Waals surface area contributed by atoms with E-state index in [1.807, 2.05) is 0 Å². The van der Waals surface area contributed by atoms with Crippen molar-refractivity contribution in [2.75, 3.05) is 13.1 Å². The molecule has 2 heteroatoms. The van der Waals surface area contributed by atoms with E-state index >= 15 is 0 Å². The minimum Gasteiger partial charge on any atom is -0.311 e. The smallest absolute Gasteiger partial charge is 0.0337 e. The van der Waals surface area contributed by atoms with Crippen molar-refractivity contribution in [3.8, 4) is 0 Å². The van der Waals surface area contributed by atoms with Gasteiger partial charge in [0.1, 0.15) is 0 Å². The van der Waals surface area contributed by atoms with Gasteiger partial charge >= 0.3 is 0 Å². The molecular weight excluding hydrogens is 208 g/mol. The van der Waals surface area contributed by atoms with Crippen LogP contribution in [0.1, 0.15) is 59.8 Å². The molecular formula is C15H30N2. The molecule has 1 heterocycles. The number of piperazine rings is 1. The molecule has 1 saturated carbocycles. The monoisotopic (exact) mass is 238 g/mol. The third kappa shape index (κ3) is 2.53. The van der Waals surface area contributed by atoms with Crippen molar-refractivity contribution in [3.05, 3.63) is 0 Å². The number of hydrogen-bond donors (Lipinski definition) is 1. The summed E-state index contributed by atoms with van der Waals surface area (Å²) in [5.74, 6) is 0.801. The molecule has 0 radical (unpaired) electrons. The Bertz CT molecular complexity index is 243. The molecule has 0 bridgehead atoms. The van der Waals surface area contributed by atoms with Crippen LogP contribution < -0.4 is 5.32 Å². The Hall–Kier alpha value is -0.0800. The van der Waals surface area contributed by atoms with E-state index in [2.05, 4.69) is 37.9 Å². The van der Waals surface area contributed by atoms with E-state index in [9.17, 15) is 0 Å². The van der Waals surface area contributed by atoms with Crippen molar-refractivity contribution < 1.29 is 0 Å². The van der Waals surface area contributed by atoms with Crippen LogP contribution in [0.2, 0.25) is 0 Å². The Labute approximate surface area is 107 Å². The summed E-state index contributed by atoms with van der Waals surface area (Å²) in [6.45, 7) is 11.9. The lowest BCUT2D eigenvalue weighted by Crippen LogP contribution is -2.66. The van der Waals surface area contributed by atoms with Gasteiger partial charge in [-0.3, -0.25) is 4.90 Å². The van der Waals surface area contributed by atoms with Crippen molar-refractivity contribution in [1.29, 1.82) is 0 Å². The van der Waals surface area contributed by atoms with Gasteiger partial charge in [-0.05, 0) is 32.6 Å². The largest absolute Gasteiger partial charge is 0.311 e. The lowest BCUT2D eigenvalue weighted by atomic mass is 9.86. The molecule has 0 amide bonds. The highest BCUT2D eigenvalue weighted by Crippen LogP contribution is 2.38. The first-order valence-electron chi connectivity index (χ1n) is 7.59. The molecule has 2 rings (SSSR count). The van der Waals surface area contributed by atoms with Gasteiger partial charge in [0.2, 0.25) is 0 Å². The second-order valence-corrected chi connectivity index (χ2v) is 6.55. The van der Waals surface area contributed by atoms with Crippen molar-refractivity contribution in [3.63, 3.8) is 0 Å². The minimum atomic E-state index is 0.498. The van der Waals surface area contributed by atoms with Crippen LogP contribution in [0.25, 0.3) is 0 Å². The van der Waals surface area contributed by atoms with Gasteiger partial charge in [-0.25, -0.2) is 0 Å². The van der Waals surface area contributed by atoms with Crippen LogP contribution in [0.4, 0.5) is 0 Å². The third-order valence-electron chi connectivity index (χ3n) is 5.18. The number of nitrogens with one attached hydrogen (secondary N) is 1. The zero-order valence-corrected chi connectivity index (χ0v) is 12.1. The van der Waals surface area contributed by atoms with Gasteiger partial charge in [-0.15, -0.1) is 0 Å². The maximum Gasteiger partial charge on any atom is 0.0337 e. The molecule has 100 valence electrons. The second kappa shape index (κ2) is 5.27. The molecule has 1 spiro atoms. The van der Waals surface area contributed by atoms with E-state index in [0.29, 0.717) is 17.6 Å². The highest BCUT2D eigenvalue weighted by molar-refractivity contribution is 5.03. The standard InChI is InChI=1S/C15H30N2/c1-5-13(4)14-10-17(12(2)3)15(11-16-14)8-6-7-9-15/h12-14,16H,5-11H2,1-4H3. The van der Waals surface area contributed by atoms with Crippen LogP contribution in [-0.4, -0.2) is 35.6 Å². The Morgan fingerprint density at radius 1 is 1.24 bits per heavy atom. The van der Waals surface area contributed by atoms with Crippen LogP contribution in [0.3, 0.4) is 0 Å². The van der Waals surface area contributed by atoms with Gasteiger partial charge in [0, 0.05) is 30.7 Å². The fourth-order valence-electron chi connectivity index (χ4n) is 3.81. The SMILES string of the molecule is CCC(C)C1CN(C(C)C)C2(CCCC2)CN1. The average molecular weight is 238 g/mol. The molecule has 0 aromatic heterocycles. The zero-order chi connectivity index (χ0) is 12.5. The van der Waals surface area contributed by atoms with E-state index in [1.165, 1.54) is 45.2 Å². The summed E-state index contributed by atoms with van der Waals surface area (Å²) in [5.41, 5.74) is 0.498. The normalized spacial score (nSPS) is 31.2. The lowest BCUT2D eigenvalue weighted by molar-refractivity contribution is 0.00628. The lowest BCUT2D eigenvalue weighted by Gasteiger charge is -2.51. The predicted molar refractivity (Wildman–Crippen MR) is 74.3 cm³/mol. The molecule has 0 aromatic rings. The fraction of sp³-hybridized carbons (Fsp3) is 1.00. The molecule has 1 N–H and O–H groups in total. The van der Waals surface area contributed by atoms with E-state index in [1.54, 1.807) is 0 Å². The summed E-state index contributed by atoms with van der Waals surface area (Å²) in [6.07, 6.45) is 6.96. The fourth-order valence-corrected chi connectivity index (χ4v) is 3.81. The molecule has 2 aliphatic rings. The average Bonchev–Trinajstić information content (AvgIpc) is 2.77. The number of hydrogen-bond acceptors (Lipinski definition) is 2. The summed E-state index contributed by atoms with van der Waals surface area (Å²) in [5, 5.41) is 3.85. The first kappa shape index (κ1) is 13.4. The quantitative estimate of drug-likeness (QED) is 0.813. The summed E-state index contributed by atoms with van der Waals surface area (Å²) < 4.78 is 0. The summed E-state index contributed by atoms with van der Waals surface area (Å²) in [7, 11) is 0. The van der Waals surface area contributed by atoms with Gasteiger partial charge in [-0.1, -0.05) is 33.1 Å². The third-order valence-corrected chi connectivity index (χ3v) is 5.18. The zero-order valence-electron chi connectivity index (χ0n) is 12.1. The van der Waals surface area contributed by atoms with Crippen LogP contribution in [0, 0.1) is 5.92 Å². The van der Waals surface area contributed by atoms with Gasteiger partial charge in [0.15, 0.2) is 0 Å².